The second-order valence-corrected chi connectivity index (χ2v) is 25.0. The number of carbonyl (C=O) groups is 3. The van der Waals surface area contributed by atoms with Crippen molar-refractivity contribution in [3.63, 3.8) is 0 Å². The average molecular weight is 620 g/mol. The SMILES string of the molecule is CCC(=O)N[N+](C)(CC(C)OC(=O)Nc1ccccc1)CC(C)OC(=O)Nc1ccc[c]([Sn]([CH3])([CH3])[CH3])c1. The number of likely N-dealkylation sites (N-methyl/N-ethyl adjacent to an activating group) is 1. The third-order valence-corrected chi connectivity index (χ3v) is 11.5. The fraction of sp³-hybridized carbons (Fsp3) is 0.444. The normalized spacial score (nSPS) is 14.5. The zero-order valence-electron chi connectivity index (χ0n) is 23.0. The summed E-state index contributed by atoms with van der Waals surface area (Å²) in [7, 11) is 1.81. The molecule has 3 N–H and O–H groups in total. The number of quaternary nitrogens is 1. The quantitative estimate of drug-likeness (QED) is 0.192. The number of rotatable bonds is 11. The Kier molecular flexibility index (Phi) is 11.2. The summed E-state index contributed by atoms with van der Waals surface area (Å²) in [6, 6.07) is 16.9. The predicted octanol–water partition coefficient (Wildman–Crippen LogP) is 4.69. The van der Waals surface area contributed by atoms with Gasteiger partial charge in [0.25, 0.3) is 0 Å². The summed E-state index contributed by atoms with van der Waals surface area (Å²) in [5, 5.41) is 5.50. The average Bonchev–Trinajstić information content (AvgIpc) is 2.78. The molecular weight excluding hydrogens is 579 g/mol. The van der Waals surface area contributed by atoms with Crippen molar-refractivity contribution in [3.8, 4) is 0 Å². The van der Waals surface area contributed by atoms with Crippen LogP contribution >= 0.6 is 0 Å². The van der Waals surface area contributed by atoms with Crippen LogP contribution < -0.4 is 19.6 Å². The van der Waals surface area contributed by atoms with Gasteiger partial charge in [-0.2, -0.15) is 0 Å². The molecule has 0 bridgehead atoms. The number of nitrogens with zero attached hydrogens (tertiary/aromatic N) is 1. The van der Waals surface area contributed by atoms with Crippen molar-refractivity contribution in [1.29, 1.82) is 0 Å². The monoisotopic (exact) mass is 621 g/mol. The molecule has 0 saturated carbocycles. The third kappa shape index (κ3) is 11.0. The molecule has 0 aromatic heterocycles. The van der Waals surface area contributed by atoms with E-state index in [1.54, 1.807) is 40.0 Å². The first-order valence-corrected chi connectivity index (χ1v) is 22.5. The van der Waals surface area contributed by atoms with Crippen LogP contribution in [-0.4, -0.2) is 73.4 Å². The van der Waals surface area contributed by atoms with Crippen molar-refractivity contribution in [2.45, 2.75) is 54.2 Å². The van der Waals surface area contributed by atoms with E-state index in [2.05, 4.69) is 36.9 Å². The van der Waals surface area contributed by atoms with Crippen LogP contribution in [0.15, 0.2) is 54.6 Å². The second-order valence-electron chi connectivity index (χ2n) is 10.5. The summed E-state index contributed by atoms with van der Waals surface area (Å²) >= 11 is -2.28. The van der Waals surface area contributed by atoms with Crippen LogP contribution in [0, 0.1) is 0 Å². The topological polar surface area (TPSA) is 106 Å². The van der Waals surface area contributed by atoms with E-state index in [9.17, 15) is 14.4 Å². The van der Waals surface area contributed by atoms with Gasteiger partial charge in [0.2, 0.25) is 0 Å². The zero-order valence-corrected chi connectivity index (χ0v) is 25.8. The van der Waals surface area contributed by atoms with E-state index in [-0.39, 0.29) is 23.6 Å². The Labute approximate surface area is 224 Å². The van der Waals surface area contributed by atoms with Gasteiger partial charge in [0.1, 0.15) is 0 Å². The van der Waals surface area contributed by atoms with Crippen LogP contribution in [0.2, 0.25) is 14.8 Å². The summed E-state index contributed by atoms with van der Waals surface area (Å²) in [5.74, 6) is -0.162. The first kappa shape index (κ1) is 30.4. The molecule has 202 valence electrons. The molecule has 3 amide bonds. The van der Waals surface area contributed by atoms with Gasteiger partial charge in [-0.3, -0.25) is 5.32 Å². The fourth-order valence-electron chi connectivity index (χ4n) is 4.00. The van der Waals surface area contributed by atoms with Gasteiger partial charge in [0.15, 0.2) is 0 Å². The van der Waals surface area contributed by atoms with Crippen LogP contribution in [0.1, 0.15) is 27.2 Å². The maximum atomic E-state index is 12.6. The zero-order chi connectivity index (χ0) is 27.6. The van der Waals surface area contributed by atoms with Crippen LogP contribution in [0.25, 0.3) is 0 Å². The predicted molar refractivity (Wildman–Crippen MR) is 149 cm³/mol. The molecule has 0 spiro atoms. The molecule has 3 atom stereocenters. The summed E-state index contributed by atoms with van der Waals surface area (Å²) < 4.78 is 12.5. The molecule has 0 heterocycles. The number of para-hydroxylation sites is 1. The Hall–Kier alpha value is -2.79. The van der Waals surface area contributed by atoms with Gasteiger partial charge in [0.05, 0.1) is 0 Å². The van der Waals surface area contributed by atoms with Gasteiger partial charge in [-0.05, 0) is 12.1 Å². The number of amides is 3. The molecule has 2 rings (SSSR count). The third-order valence-electron chi connectivity index (χ3n) is 5.65. The Bertz CT molecular complexity index is 1060. The van der Waals surface area contributed by atoms with Gasteiger partial charge >= 0.3 is 172 Å². The number of benzene rings is 2. The minimum atomic E-state index is -2.28. The van der Waals surface area contributed by atoms with E-state index < -0.39 is 42.8 Å². The van der Waals surface area contributed by atoms with E-state index in [0.29, 0.717) is 17.8 Å². The summed E-state index contributed by atoms with van der Waals surface area (Å²) in [4.78, 5) is 44.1. The van der Waals surface area contributed by atoms with Gasteiger partial charge in [-0.15, -0.1) is 0 Å². The Morgan fingerprint density at radius 3 is 1.86 bits per heavy atom. The molecule has 9 nitrogen and oxygen atoms in total. The van der Waals surface area contributed by atoms with Crippen molar-refractivity contribution in [2.24, 2.45) is 0 Å². The van der Waals surface area contributed by atoms with E-state index in [4.69, 9.17) is 9.47 Å². The van der Waals surface area contributed by atoms with Crippen molar-refractivity contribution in [2.75, 3.05) is 30.8 Å². The number of hydrogen-bond donors (Lipinski definition) is 3. The molecule has 0 aliphatic rings. The first-order chi connectivity index (χ1) is 17.3. The minimum absolute atomic E-state index is 0.0227. The molecule has 37 heavy (non-hydrogen) atoms. The Morgan fingerprint density at radius 1 is 0.838 bits per heavy atom. The summed E-state index contributed by atoms with van der Waals surface area (Å²) in [5.41, 5.74) is 4.28. The van der Waals surface area contributed by atoms with E-state index in [1.807, 2.05) is 36.4 Å². The Morgan fingerprint density at radius 2 is 1.35 bits per heavy atom. The molecule has 2 aromatic rings. The summed E-state index contributed by atoms with van der Waals surface area (Å²) in [6.45, 7) is 5.85. The summed E-state index contributed by atoms with van der Waals surface area (Å²) in [6.07, 6.45) is -1.91. The van der Waals surface area contributed by atoms with Gasteiger partial charge in [0, 0.05) is 5.69 Å². The van der Waals surface area contributed by atoms with Crippen molar-refractivity contribution in [3.05, 3.63) is 54.6 Å². The van der Waals surface area contributed by atoms with Crippen LogP contribution in [-0.2, 0) is 14.3 Å². The Balaban J connectivity index is 1.99. The molecule has 0 radical (unpaired) electrons. The number of carbonyl (C=O) groups excluding carboxylic acids is 3. The molecule has 10 heteroatoms. The van der Waals surface area contributed by atoms with Crippen LogP contribution in [0.5, 0.6) is 0 Å². The van der Waals surface area contributed by atoms with E-state index in [0.717, 1.165) is 0 Å². The molecule has 2 aromatic carbocycles. The second kappa shape index (κ2) is 13.7. The molecule has 0 saturated heterocycles. The van der Waals surface area contributed by atoms with Crippen molar-refractivity contribution < 1.29 is 28.4 Å². The number of nitrogens with one attached hydrogen (secondary N) is 3. The number of anilines is 2. The standard InChI is InChI=1S/C24H31N4O5.3CH3.Sn/c1-5-22(29)27-28(4,16-18(2)32-23(30)25-20-12-8-6-9-13-20)17-19(3)33-24(31)26-21-14-10-7-11-15-21;;;;/h6-10,12-15,18-19H,5,16-17H2,1-4H3,(H2-,25,26,27,29,30,31);3*1H3;/p+1. The molecule has 0 aliphatic carbocycles. The first-order valence-electron chi connectivity index (χ1n) is 12.6. The van der Waals surface area contributed by atoms with Crippen LogP contribution in [0.3, 0.4) is 0 Å². The number of hydrogen-bond acceptors (Lipinski definition) is 5. The van der Waals surface area contributed by atoms with Gasteiger partial charge in [-0.1, -0.05) is 25.1 Å². The van der Waals surface area contributed by atoms with Gasteiger partial charge in [-0.25, -0.2) is 4.79 Å². The maximum absolute atomic E-state index is 12.6. The molecule has 0 aliphatic heterocycles. The van der Waals surface area contributed by atoms with E-state index in [1.165, 1.54) is 3.58 Å². The molecule has 0 fully saturated rings. The molecular formula is C27H41N4O5Sn+. The molecule has 3 unspecified atom stereocenters. The van der Waals surface area contributed by atoms with E-state index >= 15 is 0 Å². The van der Waals surface area contributed by atoms with Crippen molar-refractivity contribution >= 4 is 51.4 Å². The van der Waals surface area contributed by atoms with Crippen LogP contribution in [0.4, 0.5) is 21.0 Å². The van der Waals surface area contributed by atoms with Gasteiger partial charge < -0.3 is 0 Å². The van der Waals surface area contributed by atoms with Crippen molar-refractivity contribution in [1.82, 2.24) is 5.43 Å². The fourth-order valence-corrected chi connectivity index (χ4v) is 7.38. The number of ether oxygens (including phenoxy) is 2.